The fraction of sp³-hybridized carbons (Fsp3) is 0.300. The summed E-state index contributed by atoms with van der Waals surface area (Å²) in [6.07, 6.45) is 1.47. The van der Waals surface area contributed by atoms with Crippen molar-refractivity contribution in [3.8, 4) is 0 Å². The zero-order chi connectivity index (χ0) is 21.3. The molecule has 4 rings (SSSR count). The summed E-state index contributed by atoms with van der Waals surface area (Å²) < 4.78 is 10.4. The zero-order valence-corrected chi connectivity index (χ0v) is 17.6. The number of piperazine rings is 1. The molecule has 0 unspecified atom stereocenters. The number of hydrogen-bond acceptors (Lipinski definition) is 7. The van der Waals surface area contributed by atoms with E-state index in [1.54, 1.807) is 36.1 Å². The lowest BCUT2D eigenvalue weighted by atomic mass is 10.2. The van der Waals surface area contributed by atoms with Crippen molar-refractivity contribution in [3.63, 3.8) is 0 Å². The third-order valence-corrected chi connectivity index (χ3v) is 5.48. The number of halogens is 2. The molecular formula is C20H18Cl2N4O4. The Bertz CT molecular complexity index is 1100. The van der Waals surface area contributed by atoms with Gasteiger partial charge in [-0.15, -0.1) is 0 Å². The number of amides is 1. The first-order valence-electron chi connectivity index (χ1n) is 9.39. The lowest BCUT2D eigenvalue weighted by molar-refractivity contribution is 0.0519. The molecule has 1 aliphatic heterocycles. The summed E-state index contributed by atoms with van der Waals surface area (Å²) >= 11 is 12.2. The van der Waals surface area contributed by atoms with Gasteiger partial charge in [0, 0.05) is 26.2 Å². The van der Waals surface area contributed by atoms with Gasteiger partial charge in [-0.2, -0.15) is 0 Å². The molecule has 1 saturated heterocycles. The number of anilines is 1. The van der Waals surface area contributed by atoms with E-state index in [9.17, 15) is 9.59 Å². The first kappa shape index (κ1) is 20.4. The van der Waals surface area contributed by atoms with Gasteiger partial charge in [-0.1, -0.05) is 23.2 Å². The van der Waals surface area contributed by atoms with E-state index in [-0.39, 0.29) is 18.2 Å². The lowest BCUT2D eigenvalue weighted by Gasteiger charge is -2.35. The number of hydrogen-bond donors (Lipinski definition) is 0. The standard InChI is InChI=1S/C20H18Cl2N4O4/c1-2-29-20(28)17-18(24-15-11-13(22)12(21)10-14(15)23-17)25-5-7-26(8-6-25)19(27)16-4-3-9-30-16/h3-4,9-11H,2,5-8H2,1H3. The van der Waals surface area contributed by atoms with Crippen LogP contribution >= 0.6 is 23.2 Å². The Morgan fingerprint density at radius 3 is 2.37 bits per heavy atom. The van der Waals surface area contributed by atoms with Crippen molar-refractivity contribution in [3.05, 3.63) is 52.0 Å². The van der Waals surface area contributed by atoms with E-state index >= 15 is 0 Å². The van der Waals surface area contributed by atoms with Crippen LogP contribution in [-0.2, 0) is 4.74 Å². The van der Waals surface area contributed by atoms with Crippen LogP contribution in [0.5, 0.6) is 0 Å². The molecule has 2 aromatic heterocycles. The van der Waals surface area contributed by atoms with Crippen molar-refractivity contribution in [1.82, 2.24) is 14.9 Å². The van der Waals surface area contributed by atoms with E-state index in [4.69, 9.17) is 32.4 Å². The van der Waals surface area contributed by atoms with Crippen LogP contribution < -0.4 is 4.90 Å². The molecule has 1 amide bonds. The van der Waals surface area contributed by atoms with Crippen LogP contribution in [0.3, 0.4) is 0 Å². The molecule has 1 aromatic carbocycles. The molecule has 3 heterocycles. The predicted molar refractivity (Wildman–Crippen MR) is 112 cm³/mol. The average molecular weight is 449 g/mol. The van der Waals surface area contributed by atoms with Crippen molar-refractivity contribution < 1.29 is 18.7 Å². The van der Waals surface area contributed by atoms with E-state index in [2.05, 4.69) is 9.97 Å². The van der Waals surface area contributed by atoms with Gasteiger partial charge < -0.3 is 19.0 Å². The van der Waals surface area contributed by atoms with Crippen molar-refractivity contribution in [2.75, 3.05) is 37.7 Å². The lowest BCUT2D eigenvalue weighted by Crippen LogP contribution is -2.49. The Morgan fingerprint density at radius 2 is 1.77 bits per heavy atom. The number of aromatic nitrogens is 2. The topological polar surface area (TPSA) is 88.8 Å². The van der Waals surface area contributed by atoms with Crippen molar-refractivity contribution >= 4 is 51.9 Å². The van der Waals surface area contributed by atoms with E-state index in [1.807, 2.05) is 4.90 Å². The maximum Gasteiger partial charge on any atom is 0.360 e. The summed E-state index contributed by atoms with van der Waals surface area (Å²) in [5.41, 5.74) is 1.07. The maximum absolute atomic E-state index is 12.5. The molecule has 0 atom stereocenters. The summed E-state index contributed by atoms with van der Waals surface area (Å²) in [7, 11) is 0. The van der Waals surface area contributed by atoms with E-state index in [1.165, 1.54) is 6.26 Å². The third-order valence-electron chi connectivity index (χ3n) is 4.76. The molecule has 3 aromatic rings. The highest BCUT2D eigenvalue weighted by atomic mass is 35.5. The number of nitrogens with zero attached hydrogens (tertiary/aromatic N) is 4. The summed E-state index contributed by atoms with van der Waals surface area (Å²) in [5.74, 6) is -0.0459. The highest BCUT2D eigenvalue weighted by Gasteiger charge is 2.28. The number of carbonyl (C=O) groups is 2. The smallest absolute Gasteiger partial charge is 0.360 e. The van der Waals surface area contributed by atoms with Gasteiger partial charge in [0.25, 0.3) is 5.91 Å². The second-order valence-corrected chi connectivity index (χ2v) is 7.44. The monoisotopic (exact) mass is 448 g/mol. The Morgan fingerprint density at radius 1 is 1.10 bits per heavy atom. The zero-order valence-electron chi connectivity index (χ0n) is 16.1. The van der Waals surface area contributed by atoms with Crippen molar-refractivity contribution in [2.45, 2.75) is 6.92 Å². The fourth-order valence-electron chi connectivity index (χ4n) is 3.28. The Hall–Kier alpha value is -2.84. The summed E-state index contributed by atoms with van der Waals surface area (Å²) in [6, 6.07) is 6.49. The molecule has 0 N–H and O–H groups in total. The first-order chi connectivity index (χ1) is 14.5. The van der Waals surface area contributed by atoms with Gasteiger partial charge in [-0.25, -0.2) is 14.8 Å². The van der Waals surface area contributed by atoms with Gasteiger partial charge in [-0.3, -0.25) is 4.79 Å². The molecule has 1 aliphatic rings. The Balaban J connectivity index is 1.64. The second kappa shape index (κ2) is 8.49. The number of benzene rings is 1. The van der Waals surface area contributed by atoms with Gasteiger partial charge >= 0.3 is 5.97 Å². The molecular weight excluding hydrogens is 431 g/mol. The van der Waals surface area contributed by atoms with Crippen molar-refractivity contribution in [1.29, 1.82) is 0 Å². The second-order valence-electron chi connectivity index (χ2n) is 6.63. The number of furan rings is 1. The van der Waals surface area contributed by atoms with Crippen LogP contribution in [-0.4, -0.2) is 59.5 Å². The highest BCUT2D eigenvalue weighted by molar-refractivity contribution is 6.42. The van der Waals surface area contributed by atoms with Crippen LogP contribution in [0.25, 0.3) is 11.0 Å². The highest BCUT2D eigenvalue weighted by Crippen LogP contribution is 2.29. The Labute approximate surface area is 182 Å². The maximum atomic E-state index is 12.5. The number of esters is 1. The molecule has 0 aliphatic carbocycles. The number of carbonyl (C=O) groups excluding carboxylic acids is 2. The van der Waals surface area contributed by atoms with Crippen LogP contribution in [0.15, 0.2) is 34.9 Å². The molecule has 8 nitrogen and oxygen atoms in total. The number of rotatable bonds is 4. The quantitative estimate of drug-likeness (QED) is 0.562. The van der Waals surface area contributed by atoms with Gasteiger partial charge in [-0.05, 0) is 31.2 Å². The number of ether oxygens (including phenoxy) is 1. The molecule has 0 saturated carbocycles. The van der Waals surface area contributed by atoms with Gasteiger partial charge in [0.05, 0.1) is 33.9 Å². The summed E-state index contributed by atoms with van der Waals surface area (Å²) in [5, 5.41) is 0.674. The fourth-order valence-corrected chi connectivity index (χ4v) is 3.59. The Kier molecular flexibility index (Phi) is 5.78. The molecule has 0 spiro atoms. The van der Waals surface area contributed by atoms with Gasteiger partial charge in [0.15, 0.2) is 17.3 Å². The minimum atomic E-state index is -0.568. The van der Waals surface area contributed by atoms with Crippen molar-refractivity contribution in [2.24, 2.45) is 0 Å². The molecule has 30 heavy (non-hydrogen) atoms. The number of fused-ring (bicyclic) bond motifs is 1. The molecule has 1 fully saturated rings. The predicted octanol–water partition coefficient (Wildman–Crippen LogP) is 3.67. The van der Waals surface area contributed by atoms with Crippen LogP contribution in [0.2, 0.25) is 10.0 Å². The van der Waals surface area contributed by atoms with Crippen LogP contribution in [0.1, 0.15) is 28.0 Å². The minimum absolute atomic E-state index is 0.105. The summed E-state index contributed by atoms with van der Waals surface area (Å²) in [6.45, 7) is 3.78. The molecule has 0 radical (unpaired) electrons. The van der Waals surface area contributed by atoms with E-state index in [0.29, 0.717) is 58.8 Å². The van der Waals surface area contributed by atoms with Crippen LogP contribution in [0.4, 0.5) is 5.82 Å². The van der Waals surface area contributed by atoms with Gasteiger partial charge in [0.1, 0.15) is 0 Å². The van der Waals surface area contributed by atoms with E-state index in [0.717, 1.165) is 0 Å². The first-order valence-corrected chi connectivity index (χ1v) is 10.1. The summed E-state index contributed by atoms with van der Waals surface area (Å²) in [4.78, 5) is 37.7. The minimum Gasteiger partial charge on any atom is -0.461 e. The van der Waals surface area contributed by atoms with E-state index < -0.39 is 5.97 Å². The van der Waals surface area contributed by atoms with Crippen LogP contribution in [0, 0.1) is 0 Å². The SMILES string of the molecule is CCOC(=O)c1nc2cc(Cl)c(Cl)cc2nc1N1CCN(C(=O)c2ccco2)CC1. The normalized spacial score (nSPS) is 14.2. The average Bonchev–Trinajstić information content (AvgIpc) is 3.28. The largest absolute Gasteiger partial charge is 0.461 e. The molecule has 156 valence electrons. The van der Waals surface area contributed by atoms with Gasteiger partial charge in [0.2, 0.25) is 0 Å². The molecule has 10 heteroatoms. The molecule has 0 bridgehead atoms. The third kappa shape index (κ3) is 3.93.